The van der Waals surface area contributed by atoms with Crippen LogP contribution < -0.4 is 10.6 Å². The van der Waals surface area contributed by atoms with Gasteiger partial charge in [-0.05, 0) is 29.8 Å². The molecule has 2 N–H and O–H groups in total. The number of nitrogens with one attached hydrogen (secondary N) is 2. The van der Waals surface area contributed by atoms with Crippen LogP contribution in [0.5, 0.6) is 0 Å². The largest absolute Gasteiger partial charge is 0.347 e. The van der Waals surface area contributed by atoms with Crippen LogP contribution in [0.3, 0.4) is 0 Å². The van der Waals surface area contributed by atoms with Gasteiger partial charge in [-0.3, -0.25) is 14.6 Å². The second-order valence-electron chi connectivity index (χ2n) is 4.28. The Kier molecular flexibility index (Phi) is 4.44. The van der Waals surface area contributed by atoms with E-state index in [1.54, 1.807) is 36.5 Å². The standard InChI is InChI=1S/C15H15N3O2/c1-11(19)18-13-7-5-12(6-8-13)10-17-15(20)14-4-2-3-9-16-14/h2-9H,10H2,1H3,(H,17,20)(H,18,19). The van der Waals surface area contributed by atoms with Crippen molar-refractivity contribution in [3.63, 3.8) is 0 Å². The van der Waals surface area contributed by atoms with E-state index in [2.05, 4.69) is 15.6 Å². The topological polar surface area (TPSA) is 71.1 Å². The Morgan fingerprint density at radius 3 is 2.45 bits per heavy atom. The van der Waals surface area contributed by atoms with Gasteiger partial charge in [0.15, 0.2) is 0 Å². The summed E-state index contributed by atoms with van der Waals surface area (Å²) < 4.78 is 0. The van der Waals surface area contributed by atoms with Crippen molar-refractivity contribution in [2.45, 2.75) is 13.5 Å². The summed E-state index contributed by atoms with van der Waals surface area (Å²) in [6.07, 6.45) is 1.58. The van der Waals surface area contributed by atoms with Crippen molar-refractivity contribution in [2.75, 3.05) is 5.32 Å². The van der Waals surface area contributed by atoms with Crippen LogP contribution in [-0.2, 0) is 11.3 Å². The lowest BCUT2D eigenvalue weighted by Crippen LogP contribution is -2.23. The van der Waals surface area contributed by atoms with E-state index < -0.39 is 0 Å². The molecule has 0 atom stereocenters. The molecule has 0 fully saturated rings. The van der Waals surface area contributed by atoms with Crippen molar-refractivity contribution in [2.24, 2.45) is 0 Å². The number of hydrogen-bond acceptors (Lipinski definition) is 3. The number of benzene rings is 1. The van der Waals surface area contributed by atoms with Crippen molar-refractivity contribution in [3.05, 3.63) is 59.9 Å². The van der Waals surface area contributed by atoms with Crippen molar-refractivity contribution in [1.29, 1.82) is 0 Å². The number of rotatable bonds is 4. The molecule has 0 radical (unpaired) electrons. The highest BCUT2D eigenvalue weighted by molar-refractivity contribution is 5.92. The molecule has 1 heterocycles. The Bertz CT molecular complexity index is 594. The van der Waals surface area contributed by atoms with Crippen LogP contribution in [0.25, 0.3) is 0 Å². The van der Waals surface area contributed by atoms with Gasteiger partial charge < -0.3 is 10.6 Å². The molecule has 0 saturated carbocycles. The summed E-state index contributed by atoms with van der Waals surface area (Å²) in [6.45, 7) is 1.87. The smallest absolute Gasteiger partial charge is 0.270 e. The number of pyridine rings is 1. The lowest BCUT2D eigenvalue weighted by Gasteiger charge is -2.06. The van der Waals surface area contributed by atoms with Crippen LogP contribution in [0.2, 0.25) is 0 Å². The van der Waals surface area contributed by atoms with Gasteiger partial charge in [0.25, 0.3) is 5.91 Å². The van der Waals surface area contributed by atoms with Crippen LogP contribution in [0.15, 0.2) is 48.7 Å². The van der Waals surface area contributed by atoms with Gasteiger partial charge in [0.1, 0.15) is 5.69 Å². The third-order valence-electron chi connectivity index (χ3n) is 2.62. The van der Waals surface area contributed by atoms with Crippen LogP contribution >= 0.6 is 0 Å². The minimum absolute atomic E-state index is 0.110. The number of aromatic nitrogens is 1. The van der Waals surface area contributed by atoms with E-state index in [0.717, 1.165) is 11.3 Å². The fourth-order valence-electron chi connectivity index (χ4n) is 1.68. The summed E-state index contributed by atoms with van der Waals surface area (Å²) in [5.74, 6) is -0.322. The van der Waals surface area contributed by atoms with E-state index in [1.165, 1.54) is 6.92 Å². The molecule has 2 rings (SSSR count). The Balaban J connectivity index is 1.91. The molecule has 2 aromatic rings. The van der Waals surface area contributed by atoms with Crippen LogP contribution in [0.1, 0.15) is 23.0 Å². The predicted molar refractivity (Wildman–Crippen MR) is 76.2 cm³/mol. The summed E-state index contributed by atoms with van der Waals surface area (Å²) in [5.41, 5.74) is 2.07. The van der Waals surface area contributed by atoms with Gasteiger partial charge in [-0.25, -0.2) is 0 Å². The molecule has 5 nitrogen and oxygen atoms in total. The summed E-state index contributed by atoms with van der Waals surface area (Å²) >= 11 is 0. The van der Waals surface area contributed by atoms with Gasteiger partial charge in [0, 0.05) is 25.4 Å². The zero-order valence-corrected chi connectivity index (χ0v) is 11.1. The van der Waals surface area contributed by atoms with Crippen LogP contribution in [-0.4, -0.2) is 16.8 Å². The van der Waals surface area contributed by atoms with Gasteiger partial charge in [-0.2, -0.15) is 0 Å². The molecule has 0 bridgehead atoms. The number of amides is 2. The first kappa shape index (κ1) is 13.7. The number of carbonyl (C=O) groups is 2. The average molecular weight is 269 g/mol. The summed E-state index contributed by atoms with van der Waals surface area (Å²) in [7, 11) is 0. The molecule has 0 aliphatic carbocycles. The van der Waals surface area contributed by atoms with Crippen molar-refractivity contribution < 1.29 is 9.59 Å². The van der Waals surface area contributed by atoms with Crippen molar-refractivity contribution in [3.8, 4) is 0 Å². The number of anilines is 1. The zero-order chi connectivity index (χ0) is 14.4. The molecule has 20 heavy (non-hydrogen) atoms. The Morgan fingerprint density at radius 1 is 1.10 bits per heavy atom. The monoisotopic (exact) mass is 269 g/mol. The summed E-state index contributed by atoms with van der Waals surface area (Å²) in [4.78, 5) is 26.7. The molecule has 1 aromatic heterocycles. The maximum atomic E-state index is 11.8. The first-order valence-electron chi connectivity index (χ1n) is 6.21. The fourth-order valence-corrected chi connectivity index (χ4v) is 1.68. The predicted octanol–water partition coefficient (Wildman–Crippen LogP) is 1.97. The Morgan fingerprint density at radius 2 is 1.85 bits per heavy atom. The van der Waals surface area contributed by atoms with Gasteiger partial charge >= 0.3 is 0 Å². The highest BCUT2D eigenvalue weighted by atomic mass is 16.2. The first-order valence-corrected chi connectivity index (χ1v) is 6.21. The Labute approximate surface area is 117 Å². The van der Waals surface area contributed by atoms with Gasteiger partial charge in [-0.1, -0.05) is 18.2 Å². The van der Waals surface area contributed by atoms with E-state index in [9.17, 15) is 9.59 Å². The molecule has 0 aliphatic rings. The maximum absolute atomic E-state index is 11.8. The van der Waals surface area contributed by atoms with Crippen molar-refractivity contribution >= 4 is 17.5 Å². The number of nitrogens with zero attached hydrogens (tertiary/aromatic N) is 1. The molecule has 1 aromatic carbocycles. The van der Waals surface area contributed by atoms with Gasteiger partial charge in [0.2, 0.25) is 5.91 Å². The van der Waals surface area contributed by atoms with Gasteiger partial charge in [0.05, 0.1) is 0 Å². The normalized spacial score (nSPS) is 9.85. The minimum atomic E-state index is -0.212. The molecule has 5 heteroatoms. The van der Waals surface area contributed by atoms with Crippen LogP contribution in [0, 0.1) is 0 Å². The van der Waals surface area contributed by atoms with Crippen molar-refractivity contribution in [1.82, 2.24) is 10.3 Å². The lowest BCUT2D eigenvalue weighted by molar-refractivity contribution is -0.114. The maximum Gasteiger partial charge on any atom is 0.270 e. The zero-order valence-electron chi connectivity index (χ0n) is 11.1. The van der Waals surface area contributed by atoms with E-state index in [0.29, 0.717) is 12.2 Å². The third kappa shape index (κ3) is 3.91. The SMILES string of the molecule is CC(=O)Nc1ccc(CNC(=O)c2ccccn2)cc1. The van der Waals surface area contributed by atoms with E-state index in [1.807, 2.05) is 12.1 Å². The quantitative estimate of drug-likeness (QED) is 0.891. The highest BCUT2D eigenvalue weighted by Gasteiger charge is 2.05. The molecule has 2 amide bonds. The summed E-state index contributed by atoms with van der Waals surface area (Å²) in [6, 6.07) is 12.5. The lowest BCUT2D eigenvalue weighted by atomic mass is 10.2. The molecular weight excluding hydrogens is 254 g/mol. The third-order valence-corrected chi connectivity index (χ3v) is 2.62. The first-order chi connectivity index (χ1) is 9.65. The van der Waals surface area contributed by atoms with Crippen LogP contribution in [0.4, 0.5) is 5.69 Å². The molecule has 0 unspecified atom stereocenters. The summed E-state index contributed by atoms with van der Waals surface area (Å²) in [5, 5.41) is 5.47. The molecule has 0 saturated heterocycles. The Hall–Kier alpha value is -2.69. The second kappa shape index (κ2) is 6.47. The molecular formula is C15H15N3O2. The fraction of sp³-hybridized carbons (Fsp3) is 0.133. The van der Waals surface area contributed by atoms with Gasteiger partial charge in [-0.15, -0.1) is 0 Å². The minimum Gasteiger partial charge on any atom is -0.347 e. The average Bonchev–Trinajstić information content (AvgIpc) is 2.46. The highest BCUT2D eigenvalue weighted by Crippen LogP contribution is 2.09. The molecule has 0 aliphatic heterocycles. The molecule has 0 spiro atoms. The molecule has 102 valence electrons. The van der Waals surface area contributed by atoms with E-state index in [-0.39, 0.29) is 11.8 Å². The number of carbonyl (C=O) groups excluding carboxylic acids is 2. The number of hydrogen-bond donors (Lipinski definition) is 2. The van der Waals surface area contributed by atoms with E-state index in [4.69, 9.17) is 0 Å². The van der Waals surface area contributed by atoms with E-state index >= 15 is 0 Å². The second-order valence-corrected chi connectivity index (χ2v) is 4.28.